The van der Waals surface area contributed by atoms with Crippen LogP contribution in [0.25, 0.3) is 0 Å². The number of amidine groups is 1. The van der Waals surface area contributed by atoms with Crippen molar-refractivity contribution >= 4 is 5.84 Å². The van der Waals surface area contributed by atoms with Crippen molar-refractivity contribution in [1.82, 2.24) is 9.78 Å². The molecule has 1 heterocycles. The molecule has 0 bridgehead atoms. The van der Waals surface area contributed by atoms with Gasteiger partial charge < -0.3 is 5.73 Å². The fourth-order valence-electron chi connectivity index (χ4n) is 0.839. The smallest absolute Gasteiger partial charge is 0.386 e. The van der Waals surface area contributed by atoms with E-state index in [9.17, 15) is 13.2 Å². The Morgan fingerprint density at radius 3 is 2.57 bits per heavy atom. The van der Waals surface area contributed by atoms with E-state index in [1.165, 1.54) is 6.92 Å². The lowest BCUT2D eigenvalue weighted by Gasteiger charge is -2.09. The highest BCUT2D eigenvalue weighted by Gasteiger charge is 2.32. The summed E-state index contributed by atoms with van der Waals surface area (Å²) in [5.41, 5.74) is 4.29. The lowest BCUT2D eigenvalue weighted by atomic mass is 10.3. The van der Waals surface area contributed by atoms with Gasteiger partial charge in [-0.2, -0.15) is 18.3 Å². The maximum Gasteiger partial charge on any atom is 0.419 e. The van der Waals surface area contributed by atoms with Gasteiger partial charge in [0.2, 0.25) is 0 Å². The SMILES string of the molecule is CC(C(=N)N)n1cc(C(F)(F)F)cn1. The minimum absolute atomic E-state index is 0.234. The first-order valence-corrected chi connectivity index (χ1v) is 3.77. The molecule has 3 N–H and O–H groups in total. The predicted molar refractivity (Wildman–Crippen MR) is 43.9 cm³/mol. The molecule has 0 aliphatic carbocycles. The van der Waals surface area contributed by atoms with Crippen molar-refractivity contribution in [3.63, 3.8) is 0 Å². The van der Waals surface area contributed by atoms with Gasteiger partial charge in [-0.3, -0.25) is 10.1 Å². The molecule has 1 aromatic heterocycles. The minimum atomic E-state index is -4.41. The molecule has 1 atom stereocenters. The van der Waals surface area contributed by atoms with E-state index in [1.54, 1.807) is 0 Å². The third-order valence-electron chi connectivity index (χ3n) is 1.78. The molecule has 0 saturated carbocycles. The first kappa shape index (κ1) is 10.6. The van der Waals surface area contributed by atoms with Crippen LogP contribution < -0.4 is 5.73 Å². The summed E-state index contributed by atoms with van der Waals surface area (Å²) < 4.78 is 37.4. The van der Waals surface area contributed by atoms with E-state index in [0.29, 0.717) is 6.20 Å². The van der Waals surface area contributed by atoms with E-state index < -0.39 is 17.8 Å². The quantitative estimate of drug-likeness (QED) is 0.567. The molecule has 0 spiro atoms. The molecule has 0 aliphatic heterocycles. The summed E-state index contributed by atoms with van der Waals surface area (Å²) in [6, 6.07) is -0.661. The Morgan fingerprint density at radius 1 is 1.64 bits per heavy atom. The number of hydrogen-bond donors (Lipinski definition) is 2. The number of hydrogen-bond acceptors (Lipinski definition) is 2. The molecule has 78 valence electrons. The van der Waals surface area contributed by atoms with Crippen molar-refractivity contribution in [2.24, 2.45) is 5.73 Å². The summed E-state index contributed by atoms with van der Waals surface area (Å²) in [6.07, 6.45) is -2.87. The van der Waals surface area contributed by atoms with E-state index >= 15 is 0 Å². The van der Waals surface area contributed by atoms with Crippen molar-refractivity contribution in [2.45, 2.75) is 19.1 Å². The predicted octanol–water partition coefficient (Wildman–Crippen LogP) is 1.40. The Balaban J connectivity index is 2.94. The normalized spacial score (nSPS) is 14.0. The Hall–Kier alpha value is -1.53. The lowest BCUT2D eigenvalue weighted by Crippen LogP contribution is -2.23. The Morgan fingerprint density at radius 2 is 2.21 bits per heavy atom. The second kappa shape index (κ2) is 3.32. The zero-order valence-corrected chi connectivity index (χ0v) is 7.34. The summed E-state index contributed by atoms with van der Waals surface area (Å²) in [6.45, 7) is 1.50. The third kappa shape index (κ3) is 2.04. The van der Waals surface area contributed by atoms with E-state index in [2.05, 4.69) is 5.10 Å². The highest BCUT2D eigenvalue weighted by Crippen LogP contribution is 2.28. The molecule has 1 aromatic rings. The van der Waals surface area contributed by atoms with Crippen LogP contribution in [0.15, 0.2) is 12.4 Å². The molecule has 0 fully saturated rings. The van der Waals surface area contributed by atoms with Crippen molar-refractivity contribution in [1.29, 1.82) is 5.41 Å². The number of nitrogens with one attached hydrogen (secondary N) is 1. The van der Waals surface area contributed by atoms with E-state index in [4.69, 9.17) is 11.1 Å². The molecule has 0 saturated heterocycles. The van der Waals surface area contributed by atoms with Gasteiger partial charge in [-0.05, 0) is 6.92 Å². The second-order valence-corrected chi connectivity index (χ2v) is 2.84. The van der Waals surface area contributed by atoms with Crippen LogP contribution in [0.5, 0.6) is 0 Å². The second-order valence-electron chi connectivity index (χ2n) is 2.84. The van der Waals surface area contributed by atoms with Gasteiger partial charge in [0.1, 0.15) is 11.9 Å². The number of nitrogens with two attached hydrogens (primary N) is 1. The highest BCUT2D eigenvalue weighted by molar-refractivity contribution is 5.80. The number of rotatable bonds is 2. The summed E-state index contributed by atoms with van der Waals surface area (Å²) in [5, 5.41) is 10.5. The summed E-state index contributed by atoms with van der Waals surface area (Å²) in [4.78, 5) is 0. The topological polar surface area (TPSA) is 67.7 Å². The third-order valence-corrected chi connectivity index (χ3v) is 1.78. The number of alkyl halides is 3. The Bertz CT molecular complexity index is 341. The standard InChI is InChI=1S/C7H9F3N4/c1-4(6(11)12)14-3-5(2-13-14)7(8,9)10/h2-4H,1H3,(H3,11,12). The Labute approximate surface area is 78.0 Å². The molecule has 7 heteroatoms. The zero-order chi connectivity index (χ0) is 10.9. The molecule has 1 rings (SSSR count). The molecule has 0 radical (unpaired) electrons. The lowest BCUT2D eigenvalue weighted by molar-refractivity contribution is -0.137. The van der Waals surface area contributed by atoms with Crippen molar-refractivity contribution in [3.05, 3.63) is 18.0 Å². The first-order chi connectivity index (χ1) is 6.32. The molecule has 0 aromatic carbocycles. The van der Waals surface area contributed by atoms with Gasteiger partial charge in [0.15, 0.2) is 0 Å². The first-order valence-electron chi connectivity index (χ1n) is 3.77. The van der Waals surface area contributed by atoms with Gasteiger partial charge in [0, 0.05) is 6.20 Å². The van der Waals surface area contributed by atoms with E-state index in [1.807, 2.05) is 0 Å². The molecule has 4 nitrogen and oxygen atoms in total. The summed E-state index contributed by atoms with van der Waals surface area (Å²) >= 11 is 0. The summed E-state index contributed by atoms with van der Waals surface area (Å²) in [5.74, 6) is -0.234. The van der Waals surface area contributed by atoms with Gasteiger partial charge in [-0.15, -0.1) is 0 Å². The average Bonchev–Trinajstić information content (AvgIpc) is 2.49. The monoisotopic (exact) mass is 206 g/mol. The van der Waals surface area contributed by atoms with Crippen molar-refractivity contribution in [3.8, 4) is 0 Å². The maximum atomic E-state index is 12.1. The van der Waals surface area contributed by atoms with Crippen LogP contribution in [0.2, 0.25) is 0 Å². The number of halogens is 3. The van der Waals surface area contributed by atoms with Gasteiger partial charge in [-0.1, -0.05) is 0 Å². The van der Waals surface area contributed by atoms with E-state index in [-0.39, 0.29) is 5.84 Å². The fourth-order valence-corrected chi connectivity index (χ4v) is 0.839. The van der Waals surface area contributed by atoms with Crippen molar-refractivity contribution < 1.29 is 13.2 Å². The number of aromatic nitrogens is 2. The number of nitrogens with zero attached hydrogens (tertiary/aromatic N) is 2. The van der Waals surface area contributed by atoms with Crippen LogP contribution in [0.3, 0.4) is 0 Å². The molecule has 0 amide bonds. The zero-order valence-electron chi connectivity index (χ0n) is 7.34. The highest BCUT2D eigenvalue weighted by atomic mass is 19.4. The molecule has 0 aliphatic rings. The van der Waals surface area contributed by atoms with Crippen LogP contribution >= 0.6 is 0 Å². The largest absolute Gasteiger partial charge is 0.419 e. The Kier molecular flexibility index (Phi) is 2.50. The van der Waals surface area contributed by atoms with Crippen LogP contribution in [0, 0.1) is 5.41 Å². The maximum absolute atomic E-state index is 12.1. The fraction of sp³-hybridized carbons (Fsp3) is 0.429. The molecular weight excluding hydrogens is 197 g/mol. The van der Waals surface area contributed by atoms with Crippen molar-refractivity contribution in [2.75, 3.05) is 0 Å². The van der Waals surface area contributed by atoms with Gasteiger partial charge in [0.05, 0.1) is 11.8 Å². The van der Waals surface area contributed by atoms with Crippen LogP contribution in [-0.2, 0) is 6.18 Å². The average molecular weight is 206 g/mol. The van der Waals surface area contributed by atoms with Crippen LogP contribution in [0.4, 0.5) is 13.2 Å². The molecule has 1 unspecified atom stereocenters. The van der Waals surface area contributed by atoms with Gasteiger partial charge in [0.25, 0.3) is 0 Å². The van der Waals surface area contributed by atoms with Crippen LogP contribution in [-0.4, -0.2) is 15.6 Å². The molecular formula is C7H9F3N4. The van der Waals surface area contributed by atoms with E-state index in [0.717, 1.165) is 10.9 Å². The van der Waals surface area contributed by atoms with Gasteiger partial charge >= 0.3 is 6.18 Å². The molecule has 14 heavy (non-hydrogen) atoms. The van der Waals surface area contributed by atoms with Gasteiger partial charge in [-0.25, -0.2) is 0 Å². The summed E-state index contributed by atoms with van der Waals surface area (Å²) in [7, 11) is 0. The minimum Gasteiger partial charge on any atom is -0.386 e. The van der Waals surface area contributed by atoms with Crippen LogP contribution in [0.1, 0.15) is 18.5 Å².